The molecule has 4 N–H and O–H groups in total. The molecule has 10 heteroatoms. The van der Waals surface area contributed by atoms with E-state index in [2.05, 4.69) is 14.9 Å². The molecule has 1 aromatic heterocycles. The van der Waals surface area contributed by atoms with Crippen molar-refractivity contribution < 1.29 is 21.9 Å². The molecule has 1 fully saturated rings. The Bertz CT molecular complexity index is 927. The fourth-order valence-electron chi connectivity index (χ4n) is 4.29. The van der Waals surface area contributed by atoms with Crippen LogP contribution in [0.15, 0.2) is 18.2 Å². The van der Waals surface area contributed by atoms with Gasteiger partial charge in [-0.3, -0.25) is 9.27 Å². The summed E-state index contributed by atoms with van der Waals surface area (Å²) in [6.07, 6.45) is -0.634. The number of alkyl halides is 3. The highest BCUT2D eigenvalue weighted by atomic mass is 32.2. The Morgan fingerprint density at radius 2 is 1.74 bits per heavy atom. The predicted octanol–water partition coefficient (Wildman–Crippen LogP) is 4.05. The minimum Gasteiger partial charge on any atom is -0.382 e. The van der Waals surface area contributed by atoms with Crippen LogP contribution in [0.3, 0.4) is 0 Å². The van der Waals surface area contributed by atoms with E-state index in [-0.39, 0.29) is 17.5 Å². The Hall–Kier alpha value is -2.20. The second kappa shape index (κ2) is 6.45. The number of nitrogens with one attached hydrogen (secondary N) is 1. The molecule has 1 aromatic carbocycles. The van der Waals surface area contributed by atoms with Crippen molar-refractivity contribution in [3.05, 3.63) is 34.9 Å². The van der Waals surface area contributed by atoms with Crippen LogP contribution in [0, 0.1) is 0 Å². The molecular weight excluding hydrogens is 381 g/mol. The number of benzene rings is 1. The fraction of sp³-hybridized carbons (Fsp3) is 0.412. The molecule has 3 aliphatic rings. The fourth-order valence-corrected chi connectivity index (χ4v) is 4.65. The molecule has 1 atom stereocenters. The number of aromatic nitrogens is 2. The summed E-state index contributed by atoms with van der Waals surface area (Å²) in [6.45, 7) is 0. The zero-order valence-electron chi connectivity index (χ0n) is 14.1. The monoisotopic (exact) mass is 398 g/mol. The van der Waals surface area contributed by atoms with E-state index in [9.17, 15) is 21.9 Å². The number of fused-ring (bicyclic) bond motifs is 2. The summed E-state index contributed by atoms with van der Waals surface area (Å²) in [5.41, 5.74) is 7.59. The molecule has 1 saturated carbocycles. The van der Waals surface area contributed by atoms with E-state index < -0.39 is 23.0 Å². The van der Waals surface area contributed by atoms with Gasteiger partial charge >= 0.3 is 6.18 Å². The molecule has 144 valence electrons. The van der Waals surface area contributed by atoms with E-state index in [1.165, 1.54) is 6.07 Å². The van der Waals surface area contributed by atoms with E-state index in [0.29, 0.717) is 17.1 Å². The van der Waals surface area contributed by atoms with Crippen LogP contribution in [0.5, 0.6) is 0 Å². The Morgan fingerprint density at radius 3 is 2.33 bits per heavy atom. The largest absolute Gasteiger partial charge is 0.416 e. The third-order valence-electron chi connectivity index (χ3n) is 5.42. The van der Waals surface area contributed by atoms with E-state index in [1.54, 1.807) is 0 Å². The first kappa shape index (κ1) is 18.2. The third kappa shape index (κ3) is 3.16. The van der Waals surface area contributed by atoms with Gasteiger partial charge in [-0.15, -0.1) is 10.2 Å². The summed E-state index contributed by atoms with van der Waals surface area (Å²) >= 11 is -2.53. The zero-order valence-corrected chi connectivity index (χ0v) is 14.9. The summed E-state index contributed by atoms with van der Waals surface area (Å²) in [4.78, 5) is 0. The van der Waals surface area contributed by atoms with Gasteiger partial charge in [0.05, 0.1) is 16.9 Å². The number of rotatable bonds is 3. The van der Waals surface area contributed by atoms with Crippen LogP contribution in [0.25, 0.3) is 11.3 Å². The van der Waals surface area contributed by atoms with Gasteiger partial charge in [-0.05, 0) is 55.2 Å². The molecule has 2 bridgehead atoms. The number of nitrogen functional groups attached to an aromatic ring is 1. The Morgan fingerprint density at radius 1 is 1.11 bits per heavy atom. The van der Waals surface area contributed by atoms with E-state index in [4.69, 9.17) is 5.73 Å². The smallest absolute Gasteiger partial charge is 0.382 e. The SMILES string of the molecule is Nc1nnc(-c2ccc(C(F)(F)F)cc2NS(=O)O)c2c1C1CCC2CC1. The Balaban J connectivity index is 1.92. The van der Waals surface area contributed by atoms with Gasteiger partial charge in [0.25, 0.3) is 11.3 Å². The second-order valence-electron chi connectivity index (χ2n) is 6.92. The second-order valence-corrected chi connectivity index (χ2v) is 7.62. The maximum Gasteiger partial charge on any atom is 0.416 e. The normalized spacial score (nSPS) is 22.4. The van der Waals surface area contributed by atoms with Gasteiger partial charge in [-0.2, -0.15) is 13.2 Å². The maximum atomic E-state index is 13.1. The molecule has 27 heavy (non-hydrogen) atoms. The number of nitrogens with zero attached hydrogens (tertiary/aromatic N) is 2. The molecule has 0 amide bonds. The average molecular weight is 398 g/mol. The lowest BCUT2D eigenvalue weighted by molar-refractivity contribution is -0.137. The van der Waals surface area contributed by atoms with Crippen LogP contribution in [-0.4, -0.2) is 19.0 Å². The topological polar surface area (TPSA) is 101 Å². The van der Waals surface area contributed by atoms with Crippen LogP contribution in [-0.2, 0) is 17.4 Å². The molecule has 2 aromatic rings. The zero-order chi connectivity index (χ0) is 19.3. The first-order valence-corrected chi connectivity index (χ1v) is 9.61. The van der Waals surface area contributed by atoms with Gasteiger partial charge in [0.2, 0.25) is 0 Å². The molecule has 1 heterocycles. The Labute approximate surface area is 155 Å². The lowest BCUT2D eigenvalue weighted by atomic mass is 9.66. The highest BCUT2D eigenvalue weighted by Gasteiger charge is 2.38. The minimum absolute atomic E-state index is 0.117. The molecule has 0 spiro atoms. The molecule has 3 aliphatic carbocycles. The summed E-state index contributed by atoms with van der Waals surface area (Å²) in [7, 11) is 0. The van der Waals surface area contributed by atoms with Crippen molar-refractivity contribution in [1.82, 2.24) is 10.2 Å². The van der Waals surface area contributed by atoms with Gasteiger partial charge in [-0.1, -0.05) is 6.07 Å². The first-order valence-electron chi connectivity index (χ1n) is 8.50. The summed E-state index contributed by atoms with van der Waals surface area (Å²) < 4.78 is 61.8. The van der Waals surface area contributed by atoms with Gasteiger partial charge in [0.15, 0.2) is 0 Å². The van der Waals surface area contributed by atoms with Crippen molar-refractivity contribution in [2.24, 2.45) is 0 Å². The van der Waals surface area contributed by atoms with Crippen molar-refractivity contribution in [3.8, 4) is 11.3 Å². The summed E-state index contributed by atoms with van der Waals surface area (Å²) in [5.74, 6) is 0.847. The van der Waals surface area contributed by atoms with Crippen molar-refractivity contribution in [3.63, 3.8) is 0 Å². The standard InChI is InChI=1S/C17H17F3N4O2S/c18-17(19,20)10-5-6-11(12(7-10)24-27(25)26)15-13-8-1-3-9(4-2-8)14(13)16(21)23-22-15/h5-9,24H,1-4H2,(H2,21,23)(H,25,26). The predicted molar refractivity (Wildman–Crippen MR) is 95.2 cm³/mol. The molecule has 0 saturated heterocycles. The Kier molecular flexibility index (Phi) is 4.34. The van der Waals surface area contributed by atoms with Crippen LogP contribution < -0.4 is 10.5 Å². The summed E-state index contributed by atoms with van der Waals surface area (Å²) in [5, 5.41) is 8.18. The van der Waals surface area contributed by atoms with Gasteiger partial charge in [-0.25, -0.2) is 4.21 Å². The lowest BCUT2D eigenvalue weighted by Crippen LogP contribution is -2.25. The molecule has 0 aliphatic heterocycles. The molecule has 6 nitrogen and oxygen atoms in total. The van der Waals surface area contributed by atoms with Crippen LogP contribution in [0.4, 0.5) is 24.7 Å². The van der Waals surface area contributed by atoms with Crippen molar-refractivity contribution >= 4 is 22.8 Å². The highest BCUT2D eigenvalue weighted by Crippen LogP contribution is 2.53. The third-order valence-corrected chi connectivity index (χ3v) is 5.82. The van der Waals surface area contributed by atoms with Crippen LogP contribution in [0.1, 0.15) is 54.2 Å². The molecule has 5 rings (SSSR count). The van der Waals surface area contributed by atoms with Crippen LogP contribution in [0.2, 0.25) is 0 Å². The van der Waals surface area contributed by atoms with Crippen molar-refractivity contribution in [1.29, 1.82) is 0 Å². The average Bonchev–Trinajstić information content (AvgIpc) is 2.62. The summed E-state index contributed by atoms with van der Waals surface area (Å²) in [6, 6.07) is 3.02. The number of anilines is 2. The molecular formula is C17H17F3N4O2S. The molecule has 0 radical (unpaired) electrons. The van der Waals surface area contributed by atoms with Crippen molar-refractivity contribution in [2.45, 2.75) is 43.7 Å². The highest BCUT2D eigenvalue weighted by molar-refractivity contribution is 7.80. The number of hydrogen-bond acceptors (Lipinski definition) is 4. The van der Waals surface area contributed by atoms with Gasteiger partial charge in [0.1, 0.15) is 5.82 Å². The van der Waals surface area contributed by atoms with E-state index in [0.717, 1.165) is 48.9 Å². The van der Waals surface area contributed by atoms with Gasteiger partial charge < -0.3 is 5.73 Å². The maximum absolute atomic E-state index is 13.1. The van der Waals surface area contributed by atoms with Crippen LogP contribution >= 0.6 is 0 Å². The molecule has 1 unspecified atom stereocenters. The van der Waals surface area contributed by atoms with E-state index in [1.807, 2.05) is 0 Å². The van der Waals surface area contributed by atoms with E-state index >= 15 is 0 Å². The van der Waals surface area contributed by atoms with Gasteiger partial charge in [0, 0.05) is 11.1 Å². The van der Waals surface area contributed by atoms with Crippen molar-refractivity contribution in [2.75, 3.05) is 10.5 Å². The minimum atomic E-state index is -4.57. The number of halogens is 3. The number of nitrogens with two attached hydrogens (primary N) is 1. The lowest BCUT2D eigenvalue weighted by Gasteiger charge is -2.39. The number of hydrogen-bond donors (Lipinski definition) is 3. The quantitative estimate of drug-likeness (QED) is 0.677. The first-order chi connectivity index (χ1) is 12.8.